The average Bonchev–Trinajstić information content (AvgIpc) is 2.05. The van der Waals surface area contributed by atoms with E-state index < -0.39 is 0 Å². The molecule has 1 atom stereocenters. The van der Waals surface area contributed by atoms with Crippen molar-refractivity contribution in [2.45, 2.75) is 6.17 Å². The van der Waals surface area contributed by atoms with Crippen molar-refractivity contribution in [3.05, 3.63) is 0 Å². The van der Waals surface area contributed by atoms with E-state index in [2.05, 4.69) is 16.8 Å². The van der Waals surface area contributed by atoms with E-state index in [1.54, 1.807) is 0 Å². The van der Waals surface area contributed by atoms with Crippen LogP contribution in [0.1, 0.15) is 0 Å². The summed E-state index contributed by atoms with van der Waals surface area (Å²) in [4.78, 5) is 16.7. The Balaban J connectivity index is 2.52. The van der Waals surface area contributed by atoms with E-state index in [1.165, 1.54) is 0 Å². The zero-order valence-corrected chi connectivity index (χ0v) is 8.03. The van der Waals surface area contributed by atoms with Crippen molar-refractivity contribution in [2.24, 2.45) is 0 Å². The molecule has 0 aromatic carbocycles. The van der Waals surface area contributed by atoms with Crippen LogP contribution in [0.2, 0.25) is 0 Å². The van der Waals surface area contributed by atoms with Crippen LogP contribution < -0.4 is 0 Å². The first kappa shape index (κ1) is 9.48. The van der Waals surface area contributed by atoms with E-state index in [9.17, 15) is 4.79 Å². The molecule has 1 amide bonds. The highest BCUT2D eigenvalue weighted by molar-refractivity contribution is 5.47. The lowest BCUT2D eigenvalue weighted by Gasteiger charge is -2.41. The lowest BCUT2D eigenvalue weighted by atomic mass is 10.3. The van der Waals surface area contributed by atoms with Gasteiger partial charge in [0.15, 0.2) is 0 Å². The van der Waals surface area contributed by atoms with Gasteiger partial charge in [0.25, 0.3) is 0 Å². The summed E-state index contributed by atoms with van der Waals surface area (Å²) in [6.45, 7) is 2.62. The lowest BCUT2D eigenvalue weighted by molar-refractivity contribution is -0.122. The monoisotopic (exact) mass is 171 g/mol. The summed E-state index contributed by atoms with van der Waals surface area (Å²) in [5.74, 6) is 0. The summed E-state index contributed by atoms with van der Waals surface area (Å²) in [5, 5.41) is 0. The number of rotatable bonds is 2. The Morgan fingerprint density at radius 1 is 1.42 bits per heavy atom. The van der Waals surface area contributed by atoms with Gasteiger partial charge in [-0.15, -0.1) is 0 Å². The van der Waals surface area contributed by atoms with E-state index in [4.69, 9.17) is 0 Å². The van der Waals surface area contributed by atoms with Gasteiger partial charge in [0.05, 0.1) is 6.17 Å². The molecule has 1 fully saturated rings. The fourth-order valence-electron chi connectivity index (χ4n) is 1.53. The average molecular weight is 171 g/mol. The van der Waals surface area contributed by atoms with E-state index in [1.807, 2.05) is 19.0 Å². The minimum atomic E-state index is 0.365. The number of carbonyl (C=O) groups is 1. The Hall–Kier alpha value is -0.610. The van der Waals surface area contributed by atoms with Crippen molar-refractivity contribution in [3.63, 3.8) is 0 Å². The van der Waals surface area contributed by atoms with E-state index in [0.29, 0.717) is 6.17 Å². The summed E-state index contributed by atoms with van der Waals surface area (Å²) in [6, 6.07) is 0. The first-order valence-corrected chi connectivity index (χ1v) is 4.21. The van der Waals surface area contributed by atoms with Gasteiger partial charge in [0.2, 0.25) is 6.41 Å². The molecule has 4 nitrogen and oxygen atoms in total. The summed E-state index contributed by atoms with van der Waals surface area (Å²) in [6.07, 6.45) is 1.30. The third-order valence-electron chi connectivity index (χ3n) is 2.39. The quantitative estimate of drug-likeness (QED) is 0.513. The molecule has 0 saturated carbocycles. The largest absolute Gasteiger partial charge is 0.341 e. The van der Waals surface area contributed by atoms with Crippen molar-refractivity contribution >= 4 is 6.41 Å². The van der Waals surface area contributed by atoms with Crippen LogP contribution in [0.3, 0.4) is 0 Å². The van der Waals surface area contributed by atoms with Crippen LogP contribution in [-0.4, -0.2) is 68.1 Å². The predicted molar refractivity (Wildman–Crippen MR) is 47.7 cm³/mol. The van der Waals surface area contributed by atoms with Gasteiger partial charge in [-0.05, 0) is 21.1 Å². The Morgan fingerprint density at radius 2 is 2.08 bits per heavy atom. The minimum absolute atomic E-state index is 0.365. The molecule has 1 saturated heterocycles. The van der Waals surface area contributed by atoms with Crippen molar-refractivity contribution in [1.29, 1.82) is 0 Å². The third kappa shape index (κ3) is 1.95. The molecule has 0 aliphatic carbocycles. The molecule has 4 heteroatoms. The second kappa shape index (κ2) is 3.87. The fourth-order valence-corrected chi connectivity index (χ4v) is 1.53. The molecule has 1 rings (SSSR count). The molecule has 1 unspecified atom stereocenters. The maximum Gasteiger partial charge on any atom is 0.209 e. The predicted octanol–water partition coefficient (Wildman–Crippen LogP) is -0.722. The summed E-state index contributed by atoms with van der Waals surface area (Å²) in [5.41, 5.74) is 0. The summed E-state index contributed by atoms with van der Waals surface area (Å²) in [7, 11) is 6.16. The molecule has 0 aromatic rings. The number of nitrogens with zero attached hydrogens (tertiary/aromatic N) is 3. The van der Waals surface area contributed by atoms with Gasteiger partial charge < -0.3 is 4.90 Å². The maximum atomic E-state index is 10.5. The van der Waals surface area contributed by atoms with Crippen LogP contribution in [0.15, 0.2) is 0 Å². The fraction of sp³-hybridized carbons (Fsp3) is 0.875. The molecule has 0 N–H and O–H groups in total. The summed E-state index contributed by atoms with van der Waals surface area (Å²) >= 11 is 0. The number of hydrogen-bond donors (Lipinski definition) is 0. The molecule has 12 heavy (non-hydrogen) atoms. The van der Waals surface area contributed by atoms with Gasteiger partial charge in [-0.25, -0.2) is 0 Å². The zero-order chi connectivity index (χ0) is 9.14. The van der Waals surface area contributed by atoms with Crippen LogP contribution in [-0.2, 0) is 4.79 Å². The number of likely N-dealkylation sites (N-methyl/N-ethyl adjacent to an activating group) is 2. The van der Waals surface area contributed by atoms with Crippen molar-refractivity contribution in [3.8, 4) is 0 Å². The number of piperazine rings is 1. The van der Waals surface area contributed by atoms with E-state index >= 15 is 0 Å². The molecule has 1 heterocycles. The molecule has 0 bridgehead atoms. The Labute approximate surface area is 73.7 Å². The van der Waals surface area contributed by atoms with E-state index in [-0.39, 0.29) is 0 Å². The third-order valence-corrected chi connectivity index (χ3v) is 2.39. The Kier molecular flexibility index (Phi) is 3.05. The van der Waals surface area contributed by atoms with Crippen LogP contribution in [0.25, 0.3) is 0 Å². The lowest BCUT2D eigenvalue weighted by Crippen LogP contribution is -2.56. The van der Waals surface area contributed by atoms with Crippen LogP contribution >= 0.6 is 0 Å². The number of carbonyl (C=O) groups excluding carboxylic acids is 1. The molecule has 0 aromatic heterocycles. The smallest absolute Gasteiger partial charge is 0.209 e. The molecule has 70 valence electrons. The van der Waals surface area contributed by atoms with Crippen molar-refractivity contribution in [2.75, 3.05) is 40.8 Å². The Morgan fingerprint density at radius 3 is 2.58 bits per heavy atom. The molecular formula is C8H17N3O. The Bertz CT molecular complexity index is 160. The standard InChI is InChI=1S/C8H17N3O/c1-9(2)8-6-11(7-12)5-4-10(8)3/h7-8H,4-6H2,1-3H3. The highest BCUT2D eigenvalue weighted by Crippen LogP contribution is 2.07. The van der Waals surface area contributed by atoms with Crippen LogP contribution in [0.4, 0.5) is 0 Å². The van der Waals surface area contributed by atoms with Gasteiger partial charge in [0, 0.05) is 19.6 Å². The molecular weight excluding hydrogens is 154 g/mol. The second-order valence-electron chi connectivity index (χ2n) is 3.53. The highest BCUT2D eigenvalue weighted by Gasteiger charge is 2.24. The summed E-state index contributed by atoms with van der Waals surface area (Å²) < 4.78 is 0. The number of amides is 1. The first-order chi connectivity index (χ1) is 5.65. The maximum absolute atomic E-state index is 10.5. The van der Waals surface area contributed by atoms with Gasteiger partial charge in [-0.1, -0.05) is 0 Å². The van der Waals surface area contributed by atoms with Gasteiger partial charge in [-0.3, -0.25) is 14.6 Å². The van der Waals surface area contributed by atoms with Crippen molar-refractivity contribution < 1.29 is 4.79 Å². The SMILES string of the molecule is CN(C)C1CN(C=O)CCN1C. The molecule has 1 aliphatic rings. The minimum Gasteiger partial charge on any atom is -0.341 e. The zero-order valence-electron chi connectivity index (χ0n) is 8.03. The van der Waals surface area contributed by atoms with Gasteiger partial charge in [0.1, 0.15) is 0 Å². The topological polar surface area (TPSA) is 26.8 Å². The normalized spacial score (nSPS) is 26.3. The van der Waals surface area contributed by atoms with Crippen LogP contribution in [0, 0.1) is 0 Å². The van der Waals surface area contributed by atoms with Gasteiger partial charge >= 0.3 is 0 Å². The van der Waals surface area contributed by atoms with E-state index in [0.717, 1.165) is 26.0 Å². The molecule has 0 spiro atoms. The highest BCUT2D eigenvalue weighted by atomic mass is 16.1. The second-order valence-corrected chi connectivity index (χ2v) is 3.53. The van der Waals surface area contributed by atoms with Crippen molar-refractivity contribution in [1.82, 2.24) is 14.7 Å². The molecule has 0 radical (unpaired) electrons. The van der Waals surface area contributed by atoms with Gasteiger partial charge in [-0.2, -0.15) is 0 Å². The van der Waals surface area contributed by atoms with Crippen LogP contribution in [0.5, 0.6) is 0 Å². The number of hydrogen-bond acceptors (Lipinski definition) is 3. The first-order valence-electron chi connectivity index (χ1n) is 4.21. The molecule has 1 aliphatic heterocycles.